The summed E-state index contributed by atoms with van der Waals surface area (Å²) < 4.78 is 11.0. The van der Waals surface area contributed by atoms with E-state index in [2.05, 4.69) is 5.32 Å². The Hall–Kier alpha value is -3.30. The average Bonchev–Trinajstić information content (AvgIpc) is 2.71. The molecule has 0 atom stereocenters. The van der Waals surface area contributed by atoms with E-state index in [4.69, 9.17) is 9.47 Å². The van der Waals surface area contributed by atoms with E-state index >= 15 is 0 Å². The van der Waals surface area contributed by atoms with Crippen molar-refractivity contribution in [1.82, 2.24) is 15.1 Å². The SMILES string of the molecule is CC(C)(C)OC(=O)N1CCN(C(=O)COc2cccc(N3CCC(=O)NC3=O)c2)CC1. The van der Waals surface area contributed by atoms with Crippen LogP contribution in [0.5, 0.6) is 5.75 Å². The molecule has 0 radical (unpaired) electrons. The number of anilines is 1. The third-order valence-electron chi connectivity index (χ3n) is 4.83. The molecule has 31 heavy (non-hydrogen) atoms. The molecule has 2 fully saturated rings. The van der Waals surface area contributed by atoms with E-state index in [9.17, 15) is 19.2 Å². The Balaban J connectivity index is 1.49. The van der Waals surface area contributed by atoms with Gasteiger partial charge in [0, 0.05) is 50.9 Å². The van der Waals surface area contributed by atoms with Crippen molar-refractivity contribution in [2.24, 2.45) is 0 Å². The number of hydrogen-bond acceptors (Lipinski definition) is 6. The van der Waals surface area contributed by atoms with Crippen LogP contribution in [-0.2, 0) is 14.3 Å². The number of urea groups is 1. The average molecular weight is 432 g/mol. The number of nitrogens with one attached hydrogen (secondary N) is 1. The van der Waals surface area contributed by atoms with Crippen LogP contribution >= 0.6 is 0 Å². The van der Waals surface area contributed by atoms with Crippen LogP contribution in [0.4, 0.5) is 15.3 Å². The number of imide groups is 1. The fourth-order valence-corrected chi connectivity index (χ4v) is 3.25. The standard InChI is InChI=1S/C21H28N4O6/c1-21(2,3)31-20(29)24-11-9-23(10-12-24)18(27)14-30-16-6-4-5-15(13-16)25-8-7-17(26)22-19(25)28/h4-6,13H,7-12,14H2,1-3H3,(H,22,26,28). The van der Waals surface area contributed by atoms with Gasteiger partial charge >= 0.3 is 12.1 Å². The first-order valence-electron chi connectivity index (χ1n) is 10.2. The van der Waals surface area contributed by atoms with Crippen LogP contribution in [0.1, 0.15) is 27.2 Å². The molecule has 0 saturated carbocycles. The lowest BCUT2D eigenvalue weighted by Gasteiger charge is -2.35. The molecule has 5 amide bonds. The van der Waals surface area contributed by atoms with Gasteiger partial charge in [-0.3, -0.25) is 19.8 Å². The van der Waals surface area contributed by atoms with Gasteiger partial charge in [-0.25, -0.2) is 9.59 Å². The van der Waals surface area contributed by atoms with Crippen LogP contribution in [-0.4, -0.2) is 78.7 Å². The van der Waals surface area contributed by atoms with Gasteiger partial charge in [0.05, 0.1) is 0 Å². The quantitative estimate of drug-likeness (QED) is 0.774. The number of ether oxygens (including phenoxy) is 2. The number of nitrogens with zero attached hydrogens (tertiary/aromatic N) is 3. The van der Waals surface area contributed by atoms with E-state index in [-0.39, 0.29) is 37.5 Å². The Kier molecular flexibility index (Phi) is 6.67. The molecular formula is C21H28N4O6. The predicted octanol–water partition coefficient (Wildman–Crippen LogP) is 1.59. The van der Waals surface area contributed by atoms with Gasteiger partial charge in [-0.1, -0.05) is 6.07 Å². The second-order valence-electron chi connectivity index (χ2n) is 8.39. The molecule has 0 aromatic heterocycles. The summed E-state index contributed by atoms with van der Waals surface area (Å²) in [4.78, 5) is 52.6. The normalized spacial score (nSPS) is 17.3. The van der Waals surface area contributed by atoms with E-state index in [1.165, 1.54) is 4.90 Å². The fraction of sp³-hybridized carbons (Fsp3) is 0.524. The second kappa shape index (κ2) is 9.23. The zero-order valence-electron chi connectivity index (χ0n) is 18.1. The van der Waals surface area contributed by atoms with Gasteiger partial charge in [0.1, 0.15) is 11.4 Å². The van der Waals surface area contributed by atoms with Crippen molar-refractivity contribution < 1.29 is 28.7 Å². The molecule has 2 aliphatic rings. The number of amides is 5. The summed E-state index contributed by atoms with van der Waals surface area (Å²) in [6, 6.07) is 6.33. The van der Waals surface area contributed by atoms with Gasteiger partial charge in [0.15, 0.2) is 6.61 Å². The van der Waals surface area contributed by atoms with Crippen molar-refractivity contribution in [3.05, 3.63) is 24.3 Å². The van der Waals surface area contributed by atoms with Crippen molar-refractivity contribution in [3.63, 3.8) is 0 Å². The Bertz CT molecular complexity index is 858. The third kappa shape index (κ3) is 6.09. The summed E-state index contributed by atoms with van der Waals surface area (Å²) in [5.74, 6) is -0.0375. The van der Waals surface area contributed by atoms with Gasteiger partial charge < -0.3 is 19.3 Å². The molecule has 10 nitrogen and oxygen atoms in total. The fourth-order valence-electron chi connectivity index (χ4n) is 3.25. The van der Waals surface area contributed by atoms with Crippen molar-refractivity contribution in [3.8, 4) is 5.75 Å². The molecule has 1 N–H and O–H groups in total. The first-order valence-corrected chi connectivity index (χ1v) is 10.2. The predicted molar refractivity (Wildman–Crippen MR) is 112 cm³/mol. The highest BCUT2D eigenvalue weighted by Gasteiger charge is 2.28. The summed E-state index contributed by atoms with van der Waals surface area (Å²) in [5.41, 5.74) is 0.0255. The van der Waals surface area contributed by atoms with Gasteiger partial charge in [-0.15, -0.1) is 0 Å². The Labute approximate surface area is 181 Å². The first kappa shape index (κ1) is 22.4. The summed E-state index contributed by atoms with van der Waals surface area (Å²) in [7, 11) is 0. The van der Waals surface area contributed by atoms with Crippen LogP contribution in [0.3, 0.4) is 0 Å². The topological polar surface area (TPSA) is 108 Å². The van der Waals surface area contributed by atoms with Crippen molar-refractivity contribution in [2.45, 2.75) is 32.8 Å². The van der Waals surface area contributed by atoms with Gasteiger partial charge in [-0.05, 0) is 32.9 Å². The zero-order chi connectivity index (χ0) is 22.6. The number of rotatable bonds is 4. The van der Waals surface area contributed by atoms with E-state index in [1.807, 2.05) is 20.8 Å². The molecule has 0 spiro atoms. The van der Waals surface area contributed by atoms with Gasteiger partial charge in [0.25, 0.3) is 5.91 Å². The van der Waals surface area contributed by atoms with Gasteiger partial charge in [0.2, 0.25) is 5.91 Å². The molecule has 10 heteroatoms. The Morgan fingerprint density at radius 2 is 1.71 bits per heavy atom. The Morgan fingerprint density at radius 1 is 1.03 bits per heavy atom. The maximum atomic E-state index is 12.5. The minimum Gasteiger partial charge on any atom is -0.484 e. The number of hydrogen-bond donors (Lipinski definition) is 1. The van der Waals surface area contributed by atoms with Crippen LogP contribution in [0.15, 0.2) is 24.3 Å². The highest BCUT2D eigenvalue weighted by molar-refractivity contribution is 6.05. The first-order chi connectivity index (χ1) is 14.6. The molecule has 3 rings (SSSR count). The van der Waals surface area contributed by atoms with E-state index < -0.39 is 11.6 Å². The van der Waals surface area contributed by atoms with Gasteiger partial charge in [-0.2, -0.15) is 0 Å². The second-order valence-corrected chi connectivity index (χ2v) is 8.39. The lowest BCUT2D eigenvalue weighted by Crippen LogP contribution is -2.52. The minimum absolute atomic E-state index is 0.152. The highest BCUT2D eigenvalue weighted by Crippen LogP contribution is 2.23. The van der Waals surface area contributed by atoms with E-state index in [1.54, 1.807) is 34.1 Å². The summed E-state index contributed by atoms with van der Waals surface area (Å²) in [6.07, 6.45) is -0.152. The largest absolute Gasteiger partial charge is 0.484 e. The molecule has 1 aromatic carbocycles. The molecule has 1 aromatic rings. The molecule has 0 aliphatic carbocycles. The van der Waals surface area contributed by atoms with E-state index in [0.29, 0.717) is 37.6 Å². The number of carbonyl (C=O) groups excluding carboxylic acids is 4. The molecule has 2 heterocycles. The van der Waals surface area contributed by atoms with Crippen LogP contribution in [0.25, 0.3) is 0 Å². The zero-order valence-corrected chi connectivity index (χ0v) is 18.1. The van der Waals surface area contributed by atoms with Crippen molar-refractivity contribution >= 4 is 29.6 Å². The lowest BCUT2D eigenvalue weighted by molar-refractivity contribution is -0.135. The van der Waals surface area contributed by atoms with Crippen LogP contribution in [0.2, 0.25) is 0 Å². The summed E-state index contributed by atoms with van der Waals surface area (Å²) >= 11 is 0. The monoisotopic (exact) mass is 432 g/mol. The number of benzene rings is 1. The molecule has 2 saturated heterocycles. The van der Waals surface area contributed by atoms with E-state index in [0.717, 1.165) is 0 Å². The maximum Gasteiger partial charge on any atom is 0.410 e. The number of piperazine rings is 1. The Morgan fingerprint density at radius 3 is 2.35 bits per heavy atom. The molecule has 2 aliphatic heterocycles. The molecule has 0 unspecified atom stereocenters. The van der Waals surface area contributed by atoms with Crippen molar-refractivity contribution in [1.29, 1.82) is 0 Å². The lowest BCUT2D eigenvalue weighted by atomic mass is 10.2. The number of carbonyl (C=O) groups is 4. The molecule has 168 valence electrons. The van der Waals surface area contributed by atoms with Crippen molar-refractivity contribution in [2.75, 3.05) is 44.2 Å². The highest BCUT2D eigenvalue weighted by atomic mass is 16.6. The smallest absolute Gasteiger partial charge is 0.410 e. The summed E-state index contributed by atoms with van der Waals surface area (Å²) in [5, 5.41) is 2.27. The maximum absolute atomic E-state index is 12.5. The summed E-state index contributed by atoms with van der Waals surface area (Å²) in [6.45, 7) is 7.19. The minimum atomic E-state index is -0.559. The molecular weight excluding hydrogens is 404 g/mol. The third-order valence-corrected chi connectivity index (χ3v) is 4.83. The molecule has 0 bridgehead atoms. The van der Waals surface area contributed by atoms with Crippen LogP contribution in [0, 0.1) is 0 Å². The van der Waals surface area contributed by atoms with Crippen LogP contribution < -0.4 is 15.0 Å².